The van der Waals surface area contributed by atoms with Crippen molar-refractivity contribution < 1.29 is 18.3 Å². The molecule has 1 fully saturated rings. The fraction of sp³-hybridized carbons (Fsp3) is 0.385. The molecule has 0 unspecified atom stereocenters. The van der Waals surface area contributed by atoms with E-state index in [4.69, 9.17) is 21.1 Å². The van der Waals surface area contributed by atoms with Gasteiger partial charge in [0.2, 0.25) is 0 Å². The number of aromatic nitrogens is 3. The molecule has 0 aromatic carbocycles. The van der Waals surface area contributed by atoms with E-state index in [2.05, 4.69) is 10.1 Å². The first kappa shape index (κ1) is 15.1. The van der Waals surface area contributed by atoms with Gasteiger partial charge in [0, 0.05) is 6.07 Å². The van der Waals surface area contributed by atoms with Crippen LogP contribution in [-0.4, -0.2) is 28.0 Å². The largest absolute Gasteiger partial charge is 0.344 e. The monoisotopic (exact) mass is 331 g/mol. The van der Waals surface area contributed by atoms with Gasteiger partial charge in [0.25, 0.3) is 12.0 Å². The first-order chi connectivity index (χ1) is 10.4. The molecule has 1 aliphatic rings. The molecular formula is C13H12ClF2N3O3. The lowest BCUT2D eigenvalue weighted by atomic mass is 10.1. The van der Waals surface area contributed by atoms with Gasteiger partial charge < -0.3 is 9.47 Å². The average Bonchev–Trinajstić information content (AvgIpc) is 3.05. The predicted octanol–water partition coefficient (Wildman–Crippen LogP) is 2.37. The molecule has 1 aliphatic heterocycles. The molecular weight excluding hydrogens is 320 g/mol. The van der Waals surface area contributed by atoms with Gasteiger partial charge in [-0.25, -0.2) is 18.4 Å². The highest BCUT2D eigenvalue weighted by molar-refractivity contribution is 6.29. The molecule has 22 heavy (non-hydrogen) atoms. The third kappa shape index (κ3) is 2.53. The van der Waals surface area contributed by atoms with Crippen molar-refractivity contribution in [2.75, 3.05) is 13.2 Å². The number of nitrogens with one attached hydrogen (secondary N) is 1. The van der Waals surface area contributed by atoms with Crippen LogP contribution in [0.25, 0.3) is 5.82 Å². The van der Waals surface area contributed by atoms with Gasteiger partial charge >= 0.3 is 0 Å². The van der Waals surface area contributed by atoms with Gasteiger partial charge in [-0.1, -0.05) is 11.6 Å². The molecule has 0 saturated carbocycles. The number of hydrogen-bond donors (Lipinski definition) is 1. The molecule has 0 atom stereocenters. The van der Waals surface area contributed by atoms with Gasteiger partial charge in [-0.2, -0.15) is 0 Å². The fourth-order valence-electron chi connectivity index (χ4n) is 2.36. The van der Waals surface area contributed by atoms with Crippen LogP contribution in [0.5, 0.6) is 0 Å². The van der Waals surface area contributed by atoms with Crippen molar-refractivity contribution in [2.45, 2.75) is 19.1 Å². The Morgan fingerprint density at radius 3 is 2.73 bits per heavy atom. The van der Waals surface area contributed by atoms with Crippen LogP contribution in [-0.2, 0) is 15.3 Å². The molecule has 1 saturated heterocycles. The van der Waals surface area contributed by atoms with E-state index in [1.54, 1.807) is 13.0 Å². The van der Waals surface area contributed by atoms with Gasteiger partial charge in [-0.15, -0.1) is 0 Å². The van der Waals surface area contributed by atoms with Crippen molar-refractivity contribution >= 4 is 11.6 Å². The normalized spacial score (nSPS) is 17.3. The minimum absolute atomic E-state index is 0.0364. The Hall–Kier alpha value is -1.77. The Labute approximate surface area is 128 Å². The summed E-state index contributed by atoms with van der Waals surface area (Å²) in [6.45, 7) is 2.38. The van der Waals surface area contributed by atoms with Crippen LogP contribution >= 0.6 is 11.6 Å². The van der Waals surface area contributed by atoms with Crippen molar-refractivity contribution in [3.63, 3.8) is 0 Å². The van der Waals surface area contributed by atoms with E-state index in [0.717, 1.165) is 10.7 Å². The average molecular weight is 332 g/mol. The molecule has 2 aromatic heterocycles. The van der Waals surface area contributed by atoms with E-state index in [1.165, 1.54) is 6.07 Å². The lowest BCUT2D eigenvalue weighted by Crippen LogP contribution is -2.26. The molecule has 0 spiro atoms. The quantitative estimate of drug-likeness (QED) is 0.877. The summed E-state index contributed by atoms with van der Waals surface area (Å²) in [5, 5.41) is 2.39. The maximum Gasteiger partial charge on any atom is 0.280 e. The summed E-state index contributed by atoms with van der Waals surface area (Å²) in [5.74, 6) is -1.11. The highest BCUT2D eigenvalue weighted by Crippen LogP contribution is 2.35. The van der Waals surface area contributed by atoms with Crippen molar-refractivity contribution in [2.24, 2.45) is 0 Å². The number of rotatable bonds is 3. The maximum atomic E-state index is 13.1. The van der Waals surface area contributed by atoms with Crippen LogP contribution in [0.2, 0.25) is 5.15 Å². The zero-order chi connectivity index (χ0) is 15.9. The van der Waals surface area contributed by atoms with E-state index in [0.29, 0.717) is 18.8 Å². The Kier molecular flexibility index (Phi) is 3.75. The first-order valence-electron chi connectivity index (χ1n) is 6.46. The molecule has 118 valence electrons. The van der Waals surface area contributed by atoms with Crippen LogP contribution in [0.1, 0.15) is 24.6 Å². The van der Waals surface area contributed by atoms with Gasteiger partial charge in [-0.05, 0) is 19.1 Å². The topological polar surface area (TPSA) is 69.1 Å². The Morgan fingerprint density at radius 2 is 2.09 bits per heavy atom. The Balaban J connectivity index is 2.22. The highest BCUT2D eigenvalue weighted by atomic mass is 35.5. The van der Waals surface area contributed by atoms with Gasteiger partial charge in [0.1, 0.15) is 10.8 Å². The van der Waals surface area contributed by atoms with Gasteiger partial charge in [0.05, 0.1) is 18.8 Å². The molecule has 6 nitrogen and oxygen atoms in total. The van der Waals surface area contributed by atoms with Crippen LogP contribution in [0.15, 0.2) is 23.0 Å². The summed E-state index contributed by atoms with van der Waals surface area (Å²) in [6, 6.07) is 3.89. The molecule has 2 aromatic rings. The molecule has 0 amide bonds. The summed E-state index contributed by atoms with van der Waals surface area (Å²) in [5.41, 5.74) is -0.785. The second-order valence-electron chi connectivity index (χ2n) is 4.83. The number of hydrogen-bond acceptors (Lipinski definition) is 4. The fourth-order valence-corrected chi connectivity index (χ4v) is 2.50. The van der Waals surface area contributed by atoms with E-state index in [9.17, 15) is 13.6 Å². The Bertz CT molecular complexity index is 753. The van der Waals surface area contributed by atoms with Crippen molar-refractivity contribution in [3.8, 4) is 5.82 Å². The van der Waals surface area contributed by atoms with E-state index < -0.39 is 23.5 Å². The molecule has 9 heteroatoms. The van der Waals surface area contributed by atoms with Crippen LogP contribution in [0, 0.1) is 0 Å². The van der Waals surface area contributed by atoms with E-state index >= 15 is 0 Å². The third-order valence-electron chi connectivity index (χ3n) is 3.36. The minimum atomic E-state index is -2.86. The van der Waals surface area contributed by atoms with Crippen LogP contribution < -0.4 is 5.56 Å². The highest BCUT2D eigenvalue weighted by Gasteiger charge is 2.37. The van der Waals surface area contributed by atoms with Gasteiger partial charge in [-0.3, -0.25) is 9.89 Å². The van der Waals surface area contributed by atoms with E-state index in [-0.39, 0.29) is 11.0 Å². The second-order valence-corrected chi connectivity index (χ2v) is 5.22. The lowest BCUT2D eigenvalue weighted by Gasteiger charge is -2.25. The summed E-state index contributed by atoms with van der Waals surface area (Å²) in [4.78, 5) is 15.5. The maximum absolute atomic E-state index is 13.1. The smallest absolute Gasteiger partial charge is 0.280 e. The number of H-pyrrole nitrogens is 1. The number of nitrogens with zero attached hydrogens (tertiary/aromatic N) is 2. The molecule has 1 N–H and O–H groups in total. The van der Waals surface area contributed by atoms with Crippen LogP contribution in [0.4, 0.5) is 8.78 Å². The van der Waals surface area contributed by atoms with Crippen molar-refractivity contribution in [3.05, 3.63) is 45.0 Å². The third-order valence-corrected chi connectivity index (χ3v) is 3.57. The zero-order valence-corrected chi connectivity index (χ0v) is 12.2. The SMILES string of the molecule is CC1(c2ccc(Cl)nc2-n2[nH]c(=O)cc2C(F)F)OCCO1. The standard InChI is InChI=1S/C13H12ClF2N3O3/c1-13(21-4-5-22-13)7-2-3-9(14)17-12(7)19-8(11(15)16)6-10(20)18-19/h2-3,6,11H,4-5H2,1H3,(H,18,20). The summed E-state index contributed by atoms with van der Waals surface area (Å²) in [6.07, 6.45) is -2.86. The van der Waals surface area contributed by atoms with Crippen LogP contribution in [0.3, 0.4) is 0 Å². The number of halogens is 3. The first-order valence-corrected chi connectivity index (χ1v) is 6.84. The Morgan fingerprint density at radius 1 is 1.41 bits per heavy atom. The number of alkyl halides is 2. The number of aromatic amines is 1. The summed E-state index contributed by atoms with van der Waals surface area (Å²) < 4.78 is 38.2. The minimum Gasteiger partial charge on any atom is -0.344 e. The predicted molar refractivity (Wildman–Crippen MR) is 73.4 cm³/mol. The number of pyridine rings is 1. The molecule has 0 aliphatic carbocycles. The van der Waals surface area contributed by atoms with E-state index in [1.807, 2.05) is 0 Å². The van der Waals surface area contributed by atoms with Gasteiger partial charge in [0.15, 0.2) is 11.6 Å². The molecule has 0 radical (unpaired) electrons. The second kappa shape index (κ2) is 5.45. The molecule has 3 heterocycles. The summed E-state index contributed by atoms with van der Waals surface area (Å²) >= 11 is 5.87. The molecule has 0 bridgehead atoms. The van der Waals surface area contributed by atoms with Crippen molar-refractivity contribution in [1.82, 2.24) is 14.8 Å². The van der Waals surface area contributed by atoms with Crippen molar-refractivity contribution in [1.29, 1.82) is 0 Å². The molecule has 3 rings (SSSR count). The zero-order valence-electron chi connectivity index (χ0n) is 11.5. The number of ether oxygens (including phenoxy) is 2. The lowest BCUT2D eigenvalue weighted by molar-refractivity contribution is -0.149. The summed E-state index contributed by atoms with van der Waals surface area (Å²) in [7, 11) is 0.